The maximum absolute atomic E-state index is 2.39. The van der Waals surface area contributed by atoms with Gasteiger partial charge in [0.05, 0.1) is 0 Å². The molecule has 0 fully saturated rings. The van der Waals surface area contributed by atoms with E-state index in [-0.39, 0.29) is 0 Å². The zero-order valence-corrected chi connectivity index (χ0v) is 12.4. The van der Waals surface area contributed by atoms with Crippen molar-refractivity contribution in [2.75, 3.05) is 0 Å². The van der Waals surface area contributed by atoms with Crippen molar-refractivity contribution in [1.29, 1.82) is 0 Å². The summed E-state index contributed by atoms with van der Waals surface area (Å²) in [4.78, 5) is 0. The van der Waals surface area contributed by atoms with Crippen molar-refractivity contribution < 1.29 is 0 Å². The van der Waals surface area contributed by atoms with Gasteiger partial charge in [-0.1, -0.05) is 64.1 Å². The molecule has 1 aromatic rings. The molecule has 0 aromatic heterocycles. The summed E-state index contributed by atoms with van der Waals surface area (Å²) in [7, 11) is 0. The molecule has 0 nitrogen and oxygen atoms in total. The molecule has 0 bridgehead atoms. The van der Waals surface area contributed by atoms with Crippen molar-refractivity contribution >= 4 is 12.2 Å². The minimum atomic E-state index is 0.790. The molecule has 0 heterocycles. The smallest absolute Gasteiger partial charge is 0.0227 e. The summed E-state index contributed by atoms with van der Waals surface area (Å²) in [5.74, 6) is 1.58. The van der Waals surface area contributed by atoms with Crippen molar-refractivity contribution in [3.8, 4) is 0 Å². The van der Waals surface area contributed by atoms with Gasteiger partial charge in [-0.15, -0.1) is 0 Å². The van der Waals surface area contributed by atoms with E-state index in [0.29, 0.717) is 0 Å². The Balaban J connectivity index is 2.78. The minimum absolute atomic E-state index is 0.790. The highest BCUT2D eigenvalue weighted by molar-refractivity contribution is 5.31. The predicted octanol–water partition coefficient (Wildman–Crippen LogP) is 4.12. The van der Waals surface area contributed by atoms with Crippen LogP contribution in [0.2, 0.25) is 0 Å². The van der Waals surface area contributed by atoms with E-state index in [1.807, 2.05) is 0 Å². The van der Waals surface area contributed by atoms with Gasteiger partial charge in [0.2, 0.25) is 0 Å². The quantitative estimate of drug-likeness (QED) is 0.706. The van der Waals surface area contributed by atoms with Crippen LogP contribution in [0.4, 0.5) is 0 Å². The first-order chi connectivity index (χ1) is 8.59. The zero-order valence-electron chi connectivity index (χ0n) is 12.4. The molecule has 0 aliphatic carbocycles. The van der Waals surface area contributed by atoms with E-state index >= 15 is 0 Å². The molecule has 0 heteroatoms. The van der Waals surface area contributed by atoms with E-state index in [1.54, 1.807) is 0 Å². The topological polar surface area (TPSA) is 0 Å². The molecule has 1 aromatic carbocycles. The third-order valence-corrected chi connectivity index (χ3v) is 3.21. The van der Waals surface area contributed by atoms with Gasteiger partial charge in [-0.2, -0.15) is 0 Å². The summed E-state index contributed by atoms with van der Waals surface area (Å²) in [6, 6.07) is 8.76. The molecule has 0 radical (unpaired) electrons. The van der Waals surface area contributed by atoms with Crippen molar-refractivity contribution in [2.24, 2.45) is 11.8 Å². The summed E-state index contributed by atoms with van der Waals surface area (Å²) in [6.07, 6.45) is 9.71. The molecule has 0 aliphatic heterocycles. The van der Waals surface area contributed by atoms with Gasteiger partial charge in [0.1, 0.15) is 0 Å². The Hall–Kier alpha value is -1.04. The molecule has 1 rings (SSSR count). The second-order valence-corrected chi connectivity index (χ2v) is 5.98. The van der Waals surface area contributed by atoms with E-state index in [4.69, 9.17) is 0 Å². The summed E-state index contributed by atoms with van der Waals surface area (Å²) in [5, 5.41) is 2.81. The lowest BCUT2D eigenvalue weighted by Crippen LogP contribution is -2.23. The highest BCUT2D eigenvalue weighted by atomic mass is 14.0. The maximum atomic E-state index is 2.39. The number of benzene rings is 1. The second-order valence-electron chi connectivity index (χ2n) is 5.98. The van der Waals surface area contributed by atoms with Crippen molar-refractivity contribution in [3.05, 3.63) is 34.7 Å². The fourth-order valence-electron chi connectivity index (χ4n) is 2.03. The van der Waals surface area contributed by atoms with Crippen LogP contribution in [0.15, 0.2) is 24.3 Å². The lowest BCUT2D eigenvalue weighted by Gasteiger charge is -2.00. The van der Waals surface area contributed by atoms with E-state index in [9.17, 15) is 0 Å². The zero-order chi connectivity index (χ0) is 13.4. The minimum Gasteiger partial charge on any atom is -0.0767 e. The molecule has 0 amide bonds. The van der Waals surface area contributed by atoms with Gasteiger partial charge in [0.15, 0.2) is 0 Å². The molecular formula is C18H28. The van der Waals surface area contributed by atoms with Crippen molar-refractivity contribution in [3.63, 3.8) is 0 Å². The highest BCUT2D eigenvalue weighted by Crippen LogP contribution is 2.04. The molecule has 0 N–H and O–H groups in total. The fraction of sp³-hybridized carbons (Fsp3) is 0.556. The Morgan fingerprint density at radius 3 is 1.50 bits per heavy atom. The molecule has 100 valence electrons. The predicted molar refractivity (Wildman–Crippen MR) is 82.8 cm³/mol. The number of rotatable bonds is 6. The molecular weight excluding hydrogens is 216 g/mol. The van der Waals surface area contributed by atoms with E-state index in [2.05, 4.69) is 64.1 Å². The van der Waals surface area contributed by atoms with Gasteiger partial charge < -0.3 is 0 Å². The summed E-state index contributed by atoms with van der Waals surface area (Å²) in [5.41, 5.74) is 0. The SMILES string of the molecule is CC(C)CCC=c1ccccc1=CCCC(C)C. The maximum Gasteiger partial charge on any atom is -0.0227 e. The Labute approximate surface area is 112 Å². The van der Waals surface area contributed by atoms with E-state index in [0.717, 1.165) is 11.8 Å². The Kier molecular flexibility index (Phi) is 6.78. The Bertz CT molecular complexity index is 394. The first-order valence-electron chi connectivity index (χ1n) is 7.35. The highest BCUT2D eigenvalue weighted by Gasteiger charge is 1.92. The molecule has 0 aliphatic rings. The van der Waals surface area contributed by atoms with Crippen LogP contribution in [-0.2, 0) is 0 Å². The average molecular weight is 244 g/mol. The van der Waals surface area contributed by atoms with Gasteiger partial charge in [0.25, 0.3) is 0 Å². The molecule has 0 unspecified atom stereocenters. The molecule has 0 spiro atoms. The van der Waals surface area contributed by atoms with Crippen molar-refractivity contribution in [2.45, 2.75) is 53.4 Å². The van der Waals surface area contributed by atoms with Crippen LogP contribution in [0.3, 0.4) is 0 Å². The number of hydrogen-bond acceptors (Lipinski definition) is 0. The van der Waals surface area contributed by atoms with Crippen LogP contribution in [0.25, 0.3) is 12.2 Å². The van der Waals surface area contributed by atoms with Gasteiger partial charge in [-0.05, 0) is 48.0 Å². The van der Waals surface area contributed by atoms with E-state index < -0.39 is 0 Å². The van der Waals surface area contributed by atoms with Gasteiger partial charge in [-0.25, -0.2) is 0 Å². The van der Waals surface area contributed by atoms with Crippen LogP contribution in [0.5, 0.6) is 0 Å². The lowest BCUT2D eigenvalue weighted by atomic mass is 10.1. The lowest BCUT2D eigenvalue weighted by molar-refractivity contribution is 0.601. The summed E-state index contributed by atoms with van der Waals surface area (Å²) < 4.78 is 0. The summed E-state index contributed by atoms with van der Waals surface area (Å²) >= 11 is 0. The number of hydrogen-bond donors (Lipinski definition) is 0. The van der Waals surface area contributed by atoms with Gasteiger partial charge in [0, 0.05) is 0 Å². The first-order valence-corrected chi connectivity index (χ1v) is 7.35. The van der Waals surface area contributed by atoms with Crippen LogP contribution < -0.4 is 10.4 Å². The largest absolute Gasteiger partial charge is 0.0767 e. The molecule has 18 heavy (non-hydrogen) atoms. The first kappa shape index (κ1) is 15.0. The molecule has 0 saturated carbocycles. The third kappa shape index (κ3) is 6.05. The second kappa shape index (κ2) is 8.13. The van der Waals surface area contributed by atoms with Crippen LogP contribution in [-0.4, -0.2) is 0 Å². The van der Waals surface area contributed by atoms with Crippen LogP contribution >= 0.6 is 0 Å². The van der Waals surface area contributed by atoms with Gasteiger partial charge in [-0.3, -0.25) is 0 Å². The Morgan fingerprint density at radius 2 is 1.17 bits per heavy atom. The average Bonchev–Trinajstić information content (AvgIpc) is 2.30. The van der Waals surface area contributed by atoms with Crippen molar-refractivity contribution in [1.82, 2.24) is 0 Å². The standard InChI is InChI=1S/C18H28/c1-15(2)9-7-13-17-11-5-6-12-18(17)14-8-10-16(3)4/h5-6,11-16H,7-10H2,1-4H3. The Morgan fingerprint density at radius 1 is 0.778 bits per heavy atom. The fourth-order valence-corrected chi connectivity index (χ4v) is 2.03. The van der Waals surface area contributed by atoms with Crippen LogP contribution in [0.1, 0.15) is 53.4 Å². The van der Waals surface area contributed by atoms with Crippen LogP contribution in [0, 0.1) is 11.8 Å². The normalized spacial score (nSPS) is 13.9. The van der Waals surface area contributed by atoms with Gasteiger partial charge >= 0.3 is 0 Å². The summed E-state index contributed by atoms with van der Waals surface area (Å²) in [6.45, 7) is 9.14. The third-order valence-electron chi connectivity index (χ3n) is 3.21. The monoisotopic (exact) mass is 244 g/mol. The van der Waals surface area contributed by atoms with E-state index in [1.165, 1.54) is 36.1 Å². The molecule has 0 atom stereocenters. The molecule has 0 saturated heterocycles.